The Hall–Kier alpha value is -2.76. The zero-order valence-corrected chi connectivity index (χ0v) is 9.15. The van der Waals surface area contributed by atoms with Crippen LogP contribution in [0.15, 0.2) is 47.0 Å². The third-order valence-corrected chi connectivity index (χ3v) is 2.11. The van der Waals surface area contributed by atoms with Gasteiger partial charge in [0.05, 0.1) is 6.07 Å². The minimum atomic E-state index is -0.641. The number of rotatable bonds is 4. The van der Waals surface area contributed by atoms with Gasteiger partial charge < -0.3 is 4.42 Å². The first-order valence-corrected chi connectivity index (χ1v) is 5.04. The minimum Gasteiger partial charge on any atom is -0.401 e. The Balaban J connectivity index is 2.11. The van der Waals surface area contributed by atoms with Crippen molar-refractivity contribution in [2.75, 3.05) is 0 Å². The average molecular weight is 244 g/mol. The van der Waals surface area contributed by atoms with Gasteiger partial charge in [0, 0.05) is 6.20 Å². The predicted octanol–water partition coefficient (Wildman–Crippen LogP) is 2.48. The Kier molecular flexibility index (Phi) is 3.29. The molecule has 2 aromatic rings. The van der Waals surface area contributed by atoms with Crippen LogP contribution in [0.2, 0.25) is 0 Å². The van der Waals surface area contributed by atoms with Crippen LogP contribution in [0.3, 0.4) is 0 Å². The van der Waals surface area contributed by atoms with Gasteiger partial charge in [0.2, 0.25) is 5.78 Å². The monoisotopic (exact) mass is 244 g/mol. The summed E-state index contributed by atoms with van der Waals surface area (Å²) in [5.41, 5.74) is 0.301. The molecule has 2 rings (SSSR count). The summed E-state index contributed by atoms with van der Waals surface area (Å²) in [5, 5.41) is 10.4. The maximum atomic E-state index is 11.6. The molecule has 6 nitrogen and oxygen atoms in total. The number of nitrogens with zero attached hydrogens (tertiary/aromatic N) is 2. The van der Waals surface area contributed by atoms with Crippen LogP contribution in [-0.4, -0.2) is 15.7 Å². The number of nitro groups is 1. The Labute approximate surface area is 102 Å². The molecule has 0 aliphatic rings. The summed E-state index contributed by atoms with van der Waals surface area (Å²) in [7, 11) is 0. The Morgan fingerprint density at radius 2 is 2.17 bits per heavy atom. The maximum absolute atomic E-state index is 11.6. The minimum absolute atomic E-state index is 0.242. The molecule has 0 aliphatic carbocycles. The molecule has 0 saturated carbocycles. The van der Waals surface area contributed by atoms with Gasteiger partial charge in [-0.1, -0.05) is 6.07 Å². The SMILES string of the molecule is O=C(C=Cc1ccc([N+](=O)[O-])o1)c1ccccn1. The van der Waals surface area contributed by atoms with E-state index in [0.29, 0.717) is 5.69 Å². The summed E-state index contributed by atoms with van der Waals surface area (Å²) in [6.07, 6.45) is 4.13. The van der Waals surface area contributed by atoms with Gasteiger partial charge in [-0.15, -0.1) is 0 Å². The topological polar surface area (TPSA) is 86.2 Å². The molecule has 2 heterocycles. The molecule has 0 aromatic carbocycles. The quantitative estimate of drug-likeness (QED) is 0.357. The summed E-state index contributed by atoms with van der Waals surface area (Å²) in [6.45, 7) is 0. The lowest BCUT2D eigenvalue weighted by Gasteiger charge is -1.91. The van der Waals surface area contributed by atoms with Gasteiger partial charge in [-0.05, 0) is 30.4 Å². The van der Waals surface area contributed by atoms with Crippen LogP contribution in [0.1, 0.15) is 16.2 Å². The molecule has 0 N–H and O–H groups in total. The zero-order chi connectivity index (χ0) is 13.0. The molecule has 2 aromatic heterocycles. The van der Waals surface area contributed by atoms with Crippen molar-refractivity contribution in [1.82, 2.24) is 4.98 Å². The van der Waals surface area contributed by atoms with Gasteiger partial charge >= 0.3 is 5.88 Å². The van der Waals surface area contributed by atoms with E-state index in [9.17, 15) is 14.9 Å². The molecular formula is C12H8N2O4. The molecule has 0 bridgehead atoms. The van der Waals surface area contributed by atoms with Crippen LogP contribution in [0.25, 0.3) is 6.08 Å². The summed E-state index contributed by atoms with van der Waals surface area (Å²) in [5.74, 6) is -0.416. The Bertz CT molecular complexity index is 602. The van der Waals surface area contributed by atoms with E-state index in [-0.39, 0.29) is 17.4 Å². The molecule has 0 fully saturated rings. The molecule has 0 aliphatic heterocycles. The van der Waals surface area contributed by atoms with E-state index in [1.807, 2.05) is 0 Å². The highest BCUT2D eigenvalue weighted by Crippen LogP contribution is 2.16. The normalized spacial score (nSPS) is 10.7. The van der Waals surface area contributed by atoms with E-state index in [4.69, 9.17) is 4.42 Å². The van der Waals surface area contributed by atoms with Crippen molar-refractivity contribution in [3.8, 4) is 0 Å². The molecule has 90 valence electrons. The van der Waals surface area contributed by atoms with E-state index < -0.39 is 4.92 Å². The fourth-order valence-corrected chi connectivity index (χ4v) is 1.28. The molecule has 0 radical (unpaired) electrons. The van der Waals surface area contributed by atoms with E-state index in [0.717, 1.165) is 0 Å². The van der Waals surface area contributed by atoms with Crippen LogP contribution >= 0.6 is 0 Å². The Morgan fingerprint density at radius 1 is 1.33 bits per heavy atom. The third kappa shape index (κ3) is 2.67. The van der Waals surface area contributed by atoms with E-state index in [2.05, 4.69) is 4.98 Å². The van der Waals surface area contributed by atoms with Gasteiger partial charge in [-0.25, -0.2) is 0 Å². The smallest absolute Gasteiger partial charge is 0.401 e. The van der Waals surface area contributed by atoms with Crippen LogP contribution in [0, 0.1) is 10.1 Å². The van der Waals surface area contributed by atoms with E-state index in [1.165, 1.54) is 30.5 Å². The lowest BCUT2D eigenvalue weighted by Crippen LogP contribution is -1.96. The first kappa shape index (κ1) is 11.7. The average Bonchev–Trinajstić information content (AvgIpc) is 2.86. The number of hydrogen-bond acceptors (Lipinski definition) is 5. The van der Waals surface area contributed by atoms with Crippen LogP contribution in [0.5, 0.6) is 0 Å². The standard InChI is InChI=1S/C12H8N2O4/c15-11(10-3-1-2-8-13-10)6-4-9-5-7-12(18-9)14(16)17/h1-8H. The first-order valence-electron chi connectivity index (χ1n) is 5.04. The van der Waals surface area contributed by atoms with Crippen LogP contribution in [0.4, 0.5) is 5.88 Å². The fraction of sp³-hybridized carbons (Fsp3) is 0. The van der Waals surface area contributed by atoms with Crippen molar-refractivity contribution < 1.29 is 14.1 Å². The first-order chi connectivity index (χ1) is 8.66. The second kappa shape index (κ2) is 5.05. The second-order valence-electron chi connectivity index (χ2n) is 3.35. The molecule has 0 spiro atoms. The van der Waals surface area contributed by atoms with Gasteiger partial charge in [0.25, 0.3) is 0 Å². The van der Waals surface area contributed by atoms with Gasteiger partial charge in [0.15, 0.2) is 0 Å². The van der Waals surface area contributed by atoms with Crippen LogP contribution in [-0.2, 0) is 0 Å². The number of allylic oxidation sites excluding steroid dienone is 1. The van der Waals surface area contributed by atoms with Crippen molar-refractivity contribution in [2.45, 2.75) is 0 Å². The molecule has 0 saturated heterocycles. The highest BCUT2D eigenvalue weighted by atomic mass is 16.6. The zero-order valence-electron chi connectivity index (χ0n) is 9.15. The van der Waals surface area contributed by atoms with Crippen molar-refractivity contribution >= 4 is 17.7 Å². The fourth-order valence-electron chi connectivity index (χ4n) is 1.28. The Morgan fingerprint density at radius 3 is 2.78 bits per heavy atom. The molecular weight excluding hydrogens is 236 g/mol. The summed E-state index contributed by atoms with van der Waals surface area (Å²) in [6, 6.07) is 7.63. The number of carbonyl (C=O) groups excluding carboxylic acids is 1. The lowest BCUT2D eigenvalue weighted by molar-refractivity contribution is -0.402. The highest BCUT2D eigenvalue weighted by molar-refractivity contribution is 6.05. The number of aromatic nitrogens is 1. The van der Waals surface area contributed by atoms with Gasteiger partial charge in [-0.3, -0.25) is 19.9 Å². The molecule has 0 unspecified atom stereocenters. The number of pyridine rings is 1. The van der Waals surface area contributed by atoms with Crippen molar-refractivity contribution in [3.05, 3.63) is 64.2 Å². The molecule has 6 heteroatoms. The number of carbonyl (C=O) groups is 1. The third-order valence-electron chi connectivity index (χ3n) is 2.11. The molecule has 18 heavy (non-hydrogen) atoms. The van der Waals surface area contributed by atoms with Gasteiger partial charge in [0.1, 0.15) is 16.4 Å². The largest absolute Gasteiger partial charge is 0.433 e. The van der Waals surface area contributed by atoms with Crippen molar-refractivity contribution in [2.24, 2.45) is 0 Å². The summed E-state index contributed by atoms with van der Waals surface area (Å²) < 4.78 is 4.87. The van der Waals surface area contributed by atoms with E-state index in [1.54, 1.807) is 18.2 Å². The molecule has 0 atom stereocenters. The summed E-state index contributed by atoms with van der Waals surface area (Å²) in [4.78, 5) is 25.3. The van der Waals surface area contributed by atoms with E-state index >= 15 is 0 Å². The maximum Gasteiger partial charge on any atom is 0.433 e. The second-order valence-corrected chi connectivity index (χ2v) is 3.35. The number of ketones is 1. The van der Waals surface area contributed by atoms with Crippen molar-refractivity contribution in [1.29, 1.82) is 0 Å². The van der Waals surface area contributed by atoms with Crippen molar-refractivity contribution in [3.63, 3.8) is 0 Å². The predicted molar refractivity (Wildman–Crippen MR) is 63.0 cm³/mol. The number of furan rings is 1. The number of hydrogen-bond donors (Lipinski definition) is 0. The lowest BCUT2D eigenvalue weighted by atomic mass is 10.2. The summed E-state index contributed by atoms with van der Waals surface area (Å²) >= 11 is 0. The molecule has 0 amide bonds. The highest BCUT2D eigenvalue weighted by Gasteiger charge is 2.10. The van der Waals surface area contributed by atoms with Crippen LogP contribution < -0.4 is 0 Å². The van der Waals surface area contributed by atoms with Gasteiger partial charge in [-0.2, -0.15) is 0 Å².